The molecule has 0 aromatic rings. The third-order valence-electron chi connectivity index (χ3n) is 1.50. The number of carboxylic acid groups (broad SMARTS) is 2. The fourth-order valence-corrected chi connectivity index (χ4v) is 0.666. The molecule has 0 rings (SSSR count). The van der Waals surface area contributed by atoms with Gasteiger partial charge in [0.15, 0.2) is 12.2 Å². The van der Waals surface area contributed by atoms with E-state index in [0.29, 0.717) is 0 Å². The van der Waals surface area contributed by atoms with Gasteiger partial charge >= 0.3 is 57.4 Å². The Morgan fingerprint density at radius 3 is 1.07 bits per heavy atom. The summed E-state index contributed by atoms with van der Waals surface area (Å²) >= 11 is 0. The third-order valence-corrected chi connectivity index (χ3v) is 1.50. The molecule has 0 aliphatic carbocycles. The molecular weight excluding hydrogens is 288 g/mol. The first kappa shape index (κ1) is 17.6. The van der Waals surface area contributed by atoms with Crippen LogP contribution in [-0.4, -0.2) is 112 Å². The van der Waals surface area contributed by atoms with Crippen molar-refractivity contribution in [1.29, 1.82) is 0 Å². The van der Waals surface area contributed by atoms with Crippen LogP contribution >= 0.6 is 0 Å². The normalized spacial score (nSPS) is 18.1. The second-order valence-electron chi connectivity index (χ2n) is 2.55. The van der Waals surface area contributed by atoms with Gasteiger partial charge in [-0.1, -0.05) is 0 Å². The third kappa shape index (κ3) is 5.22. The van der Waals surface area contributed by atoms with Crippen LogP contribution in [0.5, 0.6) is 0 Å². The van der Waals surface area contributed by atoms with Crippen LogP contribution < -0.4 is 0 Å². The van der Waals surface area contributed by atoms with Crippen molar-refractivity contribution in [2.24, 2.45) is 0 Å². The maximum absolute atomic E-state index is 10.1. The molecule has 0 aromatic carbocycles. The Bertz CT molecular complexity index is 207. The average Bonchev–Trinajstić information content (AvgIpc) is 2.12. The van der Waals surface area contributed by atoms with Gasteiger partial charge in [-0.2, -0.15) is 0 Å². The minimum atomic E-state index is -2.36. The summed E-state index contributed by atoms with van der Waals surface area (Å²) in [5.41, 5.74) is 0. The summed E-state index contributed by atoms with van der Waals surface area (Å²) < 4.78 is 0. The Balaban J connectivity index is 0. The zero-order valence-electron chi connectivity index (χ0n) is 6.81. The van der Waals surface area contributed by atoms with E-state index < -0.39 is 36.4 Å². The number of hydrogen-bond acceptors (Lipinski definition) is 6. The van der Waals surface area contributed by atoms with Gasteiger partial charge in [-0.05, 0) is 0 Å². The van der Waals surface area contributed by atoms with Gasteiger partial charge in [-0.15, -0.1) is 0 Å². The Morgan fingerprint density at radius 1 is 0.733 bits per heavy atom. The zero-order valence-corrected chi connectivity index (χ0v) is 6.81. The number of aliphatic hydroxyl groups excluding tert-OH is 4. The van der Waals surface area contributed by atoms with Gasteiger partial charge in [0.1, 0.15) is 12.2 Å². The Morgan fingerprint density at radius 2 is 0.933 bits per heavy atom. The second-order valence-corrected chi connectivity index (χ2v) is 2.55. The van der Waals surface area contributed by atoms with Crippen LogP contribution in [0.25, 0.3) is 0 Å². The van der Waals surface area contributed by atoms with Crippen LogP contribution in [0.2, 0.25) is 0 Å². The molecule has 0 saturated heterocycles. The van der Waals surface area contributed by atoms with E-state index in [9.17, 15) is 9.59 Å². The van der Waals surface area contributed by atoms with E-state index in [1.54, 1.807) is 0 Å². The summed E-state index contributed by atoms with van der Waals surface area (Å²) in [4.78, 5) is 20.2. The molecule has 8 nitrogen and oxygen atoms in total. The second kappa shape index (κ2) is 7.52. The molecule has 0 fully saturated rings. The van der Waals surface area contributed by atoms with Crippen LogP contribution in [-0.2, 0) is 9.59 Å². The summed E-state index contributed by atoms with van der Waals surface area (Å²) in [5, 5.41) is 51.5. The van der Waals surface area contributed by atoms with E-state index in [1.165, 1.54) is 0 Å². The van der Waals surface area contributed by atoms with Gasteiger partial charge in [-0.25, -0.2) is 9.59 Å². The molecule has 86 valence electrons. The summed E-state index contributed by atoms with van der Waals surface area (Å²) in [7, 11) is 0. The molecule has 0 spiro atoms. The van der Waals surface area contributed by atoms with E-state index in [-0.39, 0.29) is 45.5 Å². The van der Waals surface area contributed by atoms with Gasteiger partial charge in [-0.3, -0.25) is 0 Å². The average molecular weight is 300 g/mol. The summed E-state index contributed by atoms with van der Waals surface area (Å²) in [5.74, 6) is -3.68. The predicted octanol–water partition coefficient (Wildman–Crippen LogP) is -4.32. The van der Waals surface area contributed by atoms with E-state index in [4.69, 9.17) is 30.6 Å². The summed E-state index contributed by atoms with van der Waals surface area (Å²) in [6, 6.07) is 0. The van der Waals surface area contributed by atoms with Crippen molar-refractivity contribution in [3.8, 4) is 0 Å². The number of carboxylic acids is 2. The van der Waals surface area contributed by atoms with Crippen LogP contribution in [0, 0.1) is 0 Å². The summed E-state index contributed by atoms with van der Waals surface area (Å²) in [6.45, 7) is 0. The fourth-order valence-electron chi connectivity index (χ4n) is 0.666. The molecular formula is C6H12O8Sr. The Kier molecular flexibility index (Phi) is 8.85. The number of hydrogen-bond donors (Lipinski definition) is 6. The van der Waals surface area contributed by atoms with Gasteiger partial charge < -0.3 is 30.6 Å². The van der Waals surface area contributed by atoms with E-state index >= 15 is 0 Å². The first-order valence-corrected chi connectivity index (χ1v) is 3.47. The van der Waals surface area contributed by atoms with E-state index in [0.717, 1.165) is 0 Å². The minimum absolute atomic E-state index is 0. The van der Waals surface area contributed by atoms with Crippen molar-refractivity contribution < 1.29 is 40.2 Å². The number of carbonyl (C=O) groups is 2. The number of rotatable bonds is 5. The van der Waals surface area contributed by atoms with E-state index in [2.05, 4.69) is 0 Å². The Hall–Kier alpha value is 0.261. The fraction of sp³-hybridized carbons (Fsp3) is 0.667. The standard InChI is InChI=1S/C6H10O8.Sr.2H/c7-1(3(9)5(11)12)2(8)4(10)6(13)14;;;/h1-4,7-10H,(H,11,12)(H,13,14);;;. The van der Waals surface area contributed by atoms with Crippen LogP contribution in [0.3, 0.4) is 0 Å². The molecule has 0 saturated carbocycles. The molecule has 0 heterocycles. The van der Waals surface area contributed by atoms with Gasteiger partial charge in [0, 0.05) is 0 Å². The van der Waals surface area contributed by atoms with Crippen molar-refractivity contribution in [2.75, 3.05) is 0 Å². The SMILES string of the molecule is O=C(O)C(O)C(O)C(O)C(O)C(=O)O.[SrH2]. The predicted molar refractivity (Wildman–Crippen MR) is 47.8 cm³/mol. The molecule has 9 heteroatoms. The van der Waals surface area contributed by atoms with Crippen molar-refractivity contribution in [3.63, 3.8) is 0 Å². The van der Waals surface area contributed by atoms with Crippen molar-refractivity contribution >= 4 is 57.4 Å². The van der Waals surface area contributed by atoms with Crippen LogP contribution in [0.1, 0.15) is 0 Å². The molecule has 15 heavy (non-hydrogen) atoms. The monoisotopic (exact) mass is 300 g/mol. The van der Waals surface area contributed by atoms with Crippen LogP contribution in [0.15, 0.2) is 0 Å². The van der Waals surface area contributed by atoms with Crippen LogP contribution in [0.4, 0.5) is 0 Å². The molecule has 0 aliphatic rings. The number of aliphatic hydroxyl groups is 4. The van der Waals surface area contributed by atoms with Crippen molar-refractivity contribution in [3.05, 3.63) is 0 Å². The van der Waals surface area contributed by atoms with Crippen molar-refractivity contribution in [1.82, 2.24) is 0 Å². The van der Waals surface area contributed by atoms with Gasteiger partial charge in [0.05, 0.1) is 0 Å². The zero-order chi connectivity index (χ0) is 11.5. The Labute approximate surface area is 121 Å². The first-order valence-electron chi connectivity index (χ1n) is 3.47. The molecule has 0 amide bonds. The summed E-state index contributed by atoms with van der Waals surface area (Å²) in [6.07, 6.45) is -9.28. The molecule has 0 aliphatic heterocycles. The van der Waals surface area contributed by atoms with E-state index in [1.807, 2.05) is 0 Å². The van der Waals surface area contributed by atoms with Gasteiger partial charge in [0.25, 0.3) is 0 Å². The van der Waals surface area contributed by atoms with Crippen molar-refractivity contribution in [2.45, 2.75) is 24.4 Å². The topological polar surface area (TPSA) is 156 Å². The molecule has 0 radical (unpaired) electrons. The quantitative estimate of drug-likeness (QED) is 0.278. The number of aliphatic carboxylic acids is 2. The molecule has 0 aromatic heterocycles. The molecule has 4 unspecified atom stereocenters. The molecule has 4 atom stereocenters. The first-order chi connectivity index (χ1) is 6.29. The molecule has 6 N–H and O–H groups in total. The maximum atomic E-state index is 10.1. The van der Waals surface area contributed by atoms with Gasteiger partial charge in [0.2, 0.25) is 0 Å². The molecule has 0 bridgehead atoms.